The summed E-state index contributed by atoms with van der Waals surface area (Å²) in [6.45, 7) is 18.0. The molecule has 0 aliphatic heterocycles. The van der Waals surface area contributed by atoms with Crippen molar-refractivity contribution in [2.45, 2.75) is 73.6 Å². The van der Waals surface area contributed by atoms with Crippen molar-refractivity contribution in [3.05, 3.63) is 35.5 Å². The average molecular weight is 289 g/mol. The van der Waals surface area contributed by atoms with Crippen LogP contribution in [0, 0.1) is 23.7 Å². The molecule has 0 radical (unpaired) electrons. The fraction of sp³-hybridized carbons (Fsp3) is 0.714. The molecule has 21 heavy (non-hydrogen) atoms. The van der Waals surface area contributed by atoms with Crippen LogP contribution in [0.3, 0.4) is 0 Å². The summed E-state index contributed by atoms with van der Waals surface area (Å²) in [6.07, 6.45) is 11.3. The van der Waals surface area contributed by atoms with E-state index in [1.807, 2.05) is 0 Å². The normalized spacial score (nSPS) is 21.8. The summed E-state index contributed by atoms with van der Waals surface area (Å²) in [7, 11) is 0. The van der Waals surface area contributed by atoms with Gasteiger partial charge < -0.3 is 0 Å². The zero-order valence-electron chi connectivity index (χ0n) is 15.2. The Bertz CT molecular complexity index is 394. The van der Waals surface area contributed by atoms with Crippen LogP contribution in [0.15, 0.2) is 35.5 Å². The standard InChI is InChI=1S/C21H36/c1-8-17(7)10-11-21(16(5)6)20-13-19(14-20)18(9-2)12-15(3)4/h11,13,15,17-18,20H,5,8-10,12,14H2,1-4,6-7H3. The maximum absolute atomic E-state index is 4.20. The molecular formula is C21H36. The monoisotopic (exact) mass is 288 g/mol. The quantitative estimate of drug-likeness (QED) is 0.318. The van der Waals surface area contributed by atoms with Gasteiger partial charge in [0.25, 0.3) is 0 Å². The molecule has 1 rings (SSSR count). The first-order valence-corrected chi connectivity index (χ1v) is 8.95. The van der Waals surface area contributed by atoms with Crippen molar-refractivity contribution in [3.63, 3.8) is 0 Å². The molecule has 0 heteroatoms. The topological polar surface area (TPSA) is 0 Å². The van der Waals surface area contributed by atoms with Crippen LogP contribution in [0.25, 0.3) is 0 Å². The second-order valence-corrected chi connectivity index (χ2v) is 7.48. The molecule has 0 heterocycles. The molecule has 0 spiro atoms. The molecule has 0 aromatic rings. The highest BCUT2D eigenvalue weighted by molar-refractivity contribution is 5.39. The minimum Gasteiger partial charge on any atom is -0.0958 e. The zero-order chi connectivity index (χ0) is 16.0. The Hall–Kier alpha value is -0.780. The van der Waals surface area contributed by atoms with E-state index in [-0.39, 0.29) is 0 Å². The van der Waals surface area contributed by atoms with E-state index in [1.54, 1.807) is 5.57 Å². The molecule has 1 aliphatic rings. The number of hydrogen-bond acceptors (Lipinski definition) is 0. The van der Waals surface area contributed by atoms with Crippen molar-refractivity contribution in [1.82, 2.24) is 0 Å². The van der Waals surface area contributed by atoms with Crippen LogP contribution in [-0.4, -0.2) is 0 Å². The molecule has 0 fully saturated rings. The molecule has 0 amide bonds. The van der Waals surface area contributed by atoms with Crippen LogP contribution in [0.5, 0.6) is 0 Å². The molecular weight excluding hydrogens is 252 g/mol. The van der Waals surface area contributed by atoms with E-state index in [2.05, 4.69) is 60.3 Å². The third-order valence-corrected chi connectivity index (χ3v) is 4.97. The summed E-state index contributed by atoms with van der Waals surface area (Å²) >= 11 is 0. The van der Waals surface area contributed by atoms with Gasteiger partial charge in [0.1, 0.15) is 0 Å². The first-order chi connectivity index (χ1) is 9.88. The smallest absolute Gasteiger partial charge is 0.00572 e. The maximum atomic E-state index is 4.20. The van der Waals surface area contributed by atoms with Crippen molar-refractivity contribution in [2.24, 2.45) is 23.7 Å². The molecule has 3 atom stereocenters. The van der Waals surface area contributed by atoms with Gasteiger partial charge in [-0.25, -0.2) is 0 Å². The first-order valence-electron chi connectivity index (χ1n) is 8.95. The van der Waals surface area contributed by atoms with Crippen LogP contribution in [-0.2, 0) is 0 Å². The summed E-state index contributed by atoms with van der Waals surface area (Å²) in [5.41, 5.74) is 4.46. The highest BCUT2D eigenvalue weighted by Gasteiger charge is 2.27. The lowest BCUT2D eigenvalue weighted by molar-refractivity contribution is 0.411. The van der Waals surface area contributed by atoms with Crippen molar-refractivity contribution in [1.29, 1.82) is 0 Å². The van der Waals surface area contributed by atoms with Gasteiger partial charge in [-0.3, -0.25) is 0 Å². The molecule has 0 aromatic heterocycles. The van der Waals surface area contributed by atoms with E-state index in [1.165, 1.54) is 43.3 Å². The Morgan fingerprint density at radius 3 is 2.33 bits per heavy atom. The van der Waals surface area contributed by atoms with Gasteiger partial charge in [-0.1, -0.05) is 70.9 Å². The Balaban J connectivity index is 2.71. The van der Waals surface area contributed by atoms with Gasteiger partial charge in [-0.15, -0.1) is 0 Å². The van der Waals surface area contributed by atoms with E-state index >= 15 is 0 Å². The van der Waals surface area contributed by atoms with Crippen molar-refractivity contribution in [3.8, 4) is 0 Å². The van der Waals surface area contributed by atoms with Crippen molar-refractivity contribution >= 4 is 0 Å². The SMILES string of the molecule is C=C(C)C(=CCC(C)CC)C1C=C(C(CC)CC(C)C)C1. The molecule has 0 aromatic carbocycles. The summed E-state index contributed by atoms with van der Waals surface area (Å²) in [6, 6.07) is 0. The molecule has 3 unspecified atom stereocenters. The van der Waals surface area contributed by atoms with Crippen LogP contribution >= 0.6 is 0 Å². The van der Waals surface area contributed by atoms with Gasteiger partial charge in [0.05, 0.1) is 0 Å². The van der Waals surface area contributed by atoms with E-state index < -0.39 is 0 Å². The highest BCUT2D eigenvalue weighted by Crippen LogP contribution is 2.41. The Morgan fingerprint density at radius 2 is 1.90 bits per heavy atom. The van der Waals surface area contributed by atoms with Crippen LogP contribution < -0.4 is 0 Å². The number of rotatable bonds is 9. The predicted octanol–water partition coefficient (Wildman–Crippen LogP) is 6.94. The Morgan fingerprint density at radius 1 is 1.29 bits per heavy atom. The molecule has 0 bridgehead atoms. The fourth-order valence-electron chi connectivity index (χ4n) is 3.27. The second-order valence-electron chi connectivity index (χ2n) is 7.48. The Labute approximate surface area is 133 Å². The zero-order valence-corrected chi connectivity index (χ0v) is 15.2. The van der Waals surface area contributed by atoms with E-state index in [4.69, 9.17) is 0 Å². The van der Waals surface area contributed by atoms with Gasteiger partial charge in [-0.05, 0) is 55.9 Å². The van der Waals surface area contributed by atoms with E-state index in [0.717, 1.165) is 17.8 Å². The minimum absolute atomic E-state index is 0.641. The van der Waals surface area contributed by atoms with Gasteiger partial charge in [0.2, 0.25) is 0 Å². The van der Waals surface area contributed by atoms with Crippen LogP contribution in [0.2, 0.25) is 0 Å². The molecule has 0 saturated carbocycles. The van der Waals surface area contributed by atoms with Gasteiger partial charge in [0.15, 0.2) is 0 Å². The van der Waals surface area contributed by atoms with Gasteiger partial charge in [0, 0.05) is 5.92 Å². The number of hydrogen-bond donors (Lipinski definition) is 0. The lowest BCUT2D eigenvalue weighted by atomic mass is 9.71. The van der Waals surface area contributed by atoms with E-state index in [0.29, 0.717) is 5.92 Å². The second kappa shape index (κ2) is 8.61. The molecule has 0 N–H and O–H groups in total. The lowest BCUT2D eigenvalue weighted by Crippen LogP contribution is -2.20. The molecule has 1 aliphatic carbocycles. The Kier molecular flexibility index (Phi) is 7.49. The maximum Gasteiger partial charge on any atom is 0.00572 e. The predicted molar refractivity (Wildman–Crippen MR) is 96.4 cm³/mol. The fourth-order valence-corrected chi connectivity index (χ4v) is 3.27. The van der Waals surface area contributed by atoms with Crippen molar-refractivity contribution < 1.29 is 0 Å². The summed E-state index contributed by atoms with van der Waals surface area (Å²) < 4.78 is 0. The summed E-state index contributed by atoms with van der Waals surface area (Å²) in [4.78, 5) is 0. The van der Waals surface area contributed by atoms with Crippen LogP contribution in [0.4, 0.5) is 0 Å². The summed E-state index contributed by atoms with van der Waals surface area (Å²) in [5, 5.41) is 0. The molecule has 0 nitrogen and oxygen atoms in total. The van der Waals surface area contributed by atoms with Gasteiger partial charge in [-0.2, -0.15) is 0 Å². The average Bonchev–Trinajstić information content (AvgIpc) is 2.37. The number of allylic oxidation sites excluding steroid dienone is 5. The van der Waals surface area contributed by atoms with Crippen molar-refractivity contribution in [2.75, 3.05) is 0 Å². The third kappa shape index (κ3) is 5.49. The molecule has 0 saturated heterocycles. The van der Waals surface area contributed by atoms with E-state index in [9.17, 15) is 0 Å². The minimum atomic E-state index is 0.641. The molecule has 120 valence electrons. The van der Waals surface area contributed by atoms with Crippen LogP contribution in [0.1, 0.15) is 73.6 Å². The lowest BCUT2D eigenvalue weighted by Gasteiger charge is -2.34. The van der Waals surface area contributed by atoms with Gasteiger partial charge >= 0.3 is 0 Å². The largest absolute Gasteiger partial charge is 0.0958 e. The third-order valence-electron chi connectivity index (χ3n) is 4.97. The first kappa shape index (κ1) is 18.3. The summed E-state index contributed by atoms with van der Waals surface area (Å²) in [5.74, 6) is 3.04. The highest BCUT2D eigenvalue weighted by atomic mass is 14.3.